The van der Waals surface area contributed by atoms with Crippen LogP contribution in [-0.4, -0.2) is 62.6 Å². The molecule has 0 aliphatic carbocycles. The standard InChI is InChI=1S/C17H23N5O2S/c1-13(2)22-12-18-19-17(22)25-11-16(24)21-9-7-20(8-10-21)14-3-5-15(23)6-4-14/h3-6,12-13,23H,7-11H2,1-2H3. The normalized spacial score (nSPS) is 15.0. The highest BCUT2D eigenvalue weighted by molar-refractivity contribution is 7.99. The van der Waals surface area contributed by atoms with Crippen LogP contribution in [0.25, 0.3) is 0 Å². The van der Waals surface area contributed by atoms with Crippen molar-refractivity contribution >= 4 is 23.4 Å². The number of aromatic hydroxyl groups is 1. The second kappa shape index (κ2) is 7.77. The monoisotopic (exact) mass is 361 g/mol. The molecule has 2 aromatic rings. The molecule has 1 saturated heterocycles. The topological polar surface area (TPSA) is 74.5 Å². The van der Waals surface area contributed by atoms with Gasteiger partial charge in [-0.1, -0.05) is 11.8 Å². The van der Waals surface area contributed by atoms with Gasteiger partial charge in [0, 0.05) is 37.9 Å². The molecular weight excluding hydrogens is 338 g/mol. The number of amides is 1. The van der Waals surface area contributed by atoms with E-state index in [1.807, 2.05) is 21.6 Å². The van der Waals surface area contributed by atoms with Crippen molar-refractivity contribution in [3.05, 3.63) is 30.6 Å². The van der Waals surface area contributed by atoms with Gasteiger partial charge in [0.15, 0.2) is 5.16 Å². The van der Waals surface area contributed by atoms with E-state index in [1.165, 1.54) is 11.8 Å². The van der Waals surface area contributed by atoms with Gasteiger partial charge in [0.1, 0.15) is 12.1 Å². The molecule has 25 heavy (non-hydrogen) atoms. The van der Waals surface area contributed by atoms with Crippen molar-refractivity contribution in [1.82, 2.24) is 19.7 Å². The van der Waals surface area contributed by atoms with Crippen LogP contribution in [0.4, 0.5) is 5.69 Å². The zero-order chi connectivity index (χ0) is 17.8. The Balaban J connectivity index is 1.50. The molecule has 0 bridgehead atoms. The SMILES string of the molecule is CC(C)n1cnnc1SCC(=O)N1CCN(c2ccc(O)cc2)CC1. The first-order valence-electron chi connectivity index (χ1n) is 8.38. The average molecular weight is 361 g/mol. The maximum absolute atomic E-state index is 12.5. The summed E-state index contributed by atoms with van der Waals surface area (Å²) in [5.41, 5.74) is 1.07. The molecule has 0 radical (unpaired) electrons. The van der Waals surface area contributed by atoms with Gasteiger partial charge in [-0.2, -0.15) is 0 Å². The summed E-state index contributed by atoms with van der Waals surface area (Å²) >= 11 is 1.44. The molecule has 0 unspecified atom stereocenters. The molecule has 1 aliphatic rings. The molecule has 1 N–H and O–H groups in total. The van der Waals surface area contributed by atoms with E-state index in [1.54, 1.807) is 18.5 Å². The van der Waals surface area contributed by atoms with Crippen molar-refractivity contribution in [2.45, 2.75) is 25.0 Å². The summed E-state index contributed by atoms with van der Waals surface area (Å²) in [6.45, 7) is 7.14. The van der Waals surface area contributed by atoms with Crippen LogP contribution in [-0.2, 0) is 4.79 Å². The number of rotatable bonds is 5. The molecule has 1 aromatic carbocycles. The molecule has 1 aromatic heterocycles. The fourth-order valence-electron chi connectivity index (χ4n) is 2.78. The smallest absolute Gasteiger partial charge is 0.233 e. The molecule has 134 valence electrons. The van der Waals surface area contributed by atoms with Crippen molar-refractivity contribution in [3.63, 3.8) is 0 Å². The molecular formula is C17H23N5O2S. The highest BCUT2D eigenvalue weighted by Gasteiger charge is 2.22. The largest absolute Gasteiger partial charge is 0.508 e. The first kappa shape index (κ1) is 17.6. The van der Waals surface area contributed by atoms with Gasteiger partial charge in [0.05, 0.1) is 5.75 Å². The molecule has 3 rings (SSSR count). The van der Waals surface area contributed by atoms with Gasteiger partial charge in [0.25, 0.3) is 0 Å². The van der Waals surface area contributed by atoms with Crippen molar-refractivity contribution in [3.8, 4) is 5.75 Å². The van der Waals surface area contributed by atoms with Gasteiger partial charge >= 0.3 is 0 Å². The van der Waals surface area contributed by atoms with Gasteiger partial charge in [-0.3, -0.25) is 4.79 Å². The van der Waals surface area contributed by atoms with Gasteiger partial charge in [0.2, 0.25) is 5.91 Å². The number of thioether (sulfide) groups is 1. The van der Waals surface area contributed by atoms with E-state index in [0.29, 0.717) is 18.8 Å². The highest BCUT2D eigenvalue weighted by Crippen LogP contribution is 2.22. The quantitative estimate of drug-likeness (QED) is 0.821. The number of piperazine rings is 1. The number of phenols is 1. The van der Waals surface area contributed by atoms with Gasteiger partial charge in [-0.25, -0.2) is 0 Å². The summed E-state index contributed by atoms with van der Waals surface area (Å²) < 4.78 is 1.97. The van der Waals surface area contributed by atoms with Crippen LogP contribution in [0, 0.1) is 0 Å². The number of carbonyl (C=O) groups is 1. The van der Waals surface area contributed by atoms with E-state index in [4.69, 9.17) is 0 Å². The molecule has 0 atom stereocenters. The molecule has 2 heterocycles. The molecule has 7 nitrogen and oxygen atoms in total. The Morgan fingerprint density at radius 3 is 2.52 bits per heavy atom. The number of nitrogens with zero attached hydrogens (tertiary/aromatic N) is 5. The Kier molecular flexibility index (Phi) is 5.47. The number of phenolic OH excluding ortho intramolecular Hbond substituents is 1. The molecule has 0 saturated carbocycles. The molecule has 1 aliphatic heterocycles. The van der Waals surface area contributed by atoms with E-state index in [9.17, 15) is 9.90 Å². The van der Waals surface area contributed by atoms with Crippen LogP contribution < -0.4 is 4.90 Å². The first-order valence-corrected chi connectivity index (χ1v) is 9.37. The minimum absolute atomic E-state index is 0.133. The second-order valence-electron chi connectivity index (χ2n) is 6.29. The van der Waals surface area contributed by atoms with Gasteiger partial charge < -0.3 is 19.5 Å². The van der Waals surface area contributed by atoms with Crippen LogP contribution in [0.2, 0.25) is 0 Å². The maximum atomic E-state index is 12.5. The van der Waals surface area contributed by atoms with E-state index >= 15 is 0 Å². The highest BCUT2D eigenvalue weighted by atomic mass is 32.2. The summed E-state index contributed by atoms with van der Waals surface area (Å²) in [6.07, 6.45) is 1.70. The van der Waals surface area contributed by atoms with Crippen molar-refractivity contribution < 1.29 is 9.90 Å². The predicted molar refractivity (Wildman–Crippen MR) is 98.0 cm³/mol. The van der Waals surface area contributed by atoms with E-state index < -0.39 is 0 Å². The maximum Gasteiger partial charge on any atom is 0.233 e. The Labute approximate surface area is 151 Å². The fraction of sp³-hybridized carbons (Fsp3) is 0.471. The van der Waals surface area contributed by atoms with Crippen molar-refractivity contribution in [2.75, 3.05) is 36.8 Å². The minimum atomic E-state index is 0.133. The lowest BCUT2D eigenvalue weighted by Gasteiger charge is -2.36. The Hall–Kier alpha value is -2.22. The number of hydrogen-bond acceptors (Lipinski definition) is 6. The summed E-state index contributed by atoms with van der Waals surface area (Å²) in [7, 11) is 0. The molecule has 8 heteroatoms. The number of anilines is 1. The summed E-state index contributed by atoms with van der Waals surface area (Å²) in [5, 5.41) is 18.2. The van der Waals surface area contributed by atoms with Crippen LogP contribution in [0.3, 0.4) is 0 Å². The Morgan fingerprint density at radius 1 is 1.20 bits per heavy atom. The lowest BCUT2D eigenvalue weighted by atomic mass is 10.2. The third-order valence-electron chi connectivity index (χ3n) is 4.27. The van der Waals surface area contributed by atoms with Crippen molar-refractivity contribution in [1.29, 1.82) is 0 Å². The molecule has 0 spiro atoms. The lowest BCUT2D eigenvalue weighted by Crippen LogP contribution is -2.49. The van der Waals surface area contributed by atoms with E-state index in [2.05, 4.69) is 28.9 Å². The van der Waals surface area contributed by atoms with Crippen LogP contribution in [0.1, 0.15) is 19.9 Å². The van der Waals surface area contributed by atoms with Crippen LogP contribution in [0.5, 0.6) is 5.75 Å². The van der Waals surface area contributed by atoms with Crippen LogP contribution in [0.15, 0.2) is 35.7 Å². The third-order valence-corrected chi connectivity index (χ3v) is 5.21. The number of benzene rings is 1. The summed E-state index contributed by atoms with van der Waals surface area (Å²) in [4.78, 5) is 16.6. The predicted octanol–water partition coefficient (Wildman–Crippen LogP) is 2.01. The number of aromatic nitrogens is 3. The van der Waals surface area contributed by atoms with Crippen LogP contribution >= 0.6 is 11.8 Å². The summed E-state index contributed by atoms with van der Waals surface area (Å²) in [5.74, 6) is 0.780. The zero-order valence-corrected chi connectivity index (χ0v) is 15.3. The third kappa shape index (κ3) is 4.25. The minimum Gasteiger partial charge on any atom is -0.508 e. The Bertz CT molecular complexity index is 708. The lowest BCUT2D eigenvalue weighted by molar-refractivity contribution is -0.128. The molecule has 1 amide bonds. The average Bonchev–Trinajstić information content (AvgIpc) is 3.09. The fourth-order valence-corrected chi connectivity index (χ4v) is 3.73. The van der Waals surface area contributed by atoms with Gasteiger partial charge in [-0.15, -0.1) is 10.2 Å². The number of hydrogen-bond donors (Lipinski definition) is 1. The van der Waals surface area contributed by atoms with E-state index in [-0.39, 0.29) is 17.7 Å². The first-order chi connectivity index (χ1) is 12.0. The zero-order valence-electron chi connectivity index (χ0n) is 14.5. The second-order valence-corrected chi connectivity index (χ2v) is 7.23. The van der Waals surface area contributed by atoms with Crippen molar-refractivity contribution in [2.24, 2.45) is 0 Å². The Morgan fingerprint density at radius 2 is 1.88 bits per heavy atom. The molecule has 1 fully saturated rings. The van der Waals surface area contributed by atoms with E-state index in [0.717, 1.165) is 23.9 Å². The number of carbonyl (C=O) groups excluding carboxylic acids is 1. The van der Waals surface area contributed by atoms with Gasteiger partial charge in [-0.05, 0) is 38.1 Å². The summed E-state index contributed by atoms with van der Waals surface area (Å²) in [6, 6.07) is 7.47.